The third kappa shape index (κ3) is 1.79. The largest absolute Gasteiger partial charge is 0.367 e. The van der Waals surface area contributed by atoms with Crippen molar-refractivity contribution in [3.63, 3.8) is 0 Å². The SMILES string of the molecule is CC1C(N)CCN1c1ccc(Br)cc1. The molecule has 2 nitrogen and oxygen atoms in total. The second-order valence-electron chi connectivity index (χ2n) is 3.86. The second kappa shape index (κ2) is 3.91. The molecule has 0 spiro atoms. The van der Waals surface area contributed by atoms with Crippen LogP contribution in [0.25, 0.3) is 0 Å². The predicted octanol–water partition coefficient (Wildman–Crippen LogP) is 2.38. The minimum absolute atomic E-state index is 0.318. The monoisotopic (exact) mass is 254 g/mol. The summed E-state index contributed by atoms with van der Waals surface area (Å²) < 4.78 is 1.12. The van der Waals surface area contributed by atoms with Gasteiger partial charge in [-0.3, -0.25) is 0 Å². The van der Waals surface area contributed by atoms with Gasteiger partial charge in [-0.05, 0) is 37.6 Å². The summed E-state index contributed by atoms with van der Waals surface area (Å²) in [6.45, 7) is 3.27. The van der Waals surface area contributed by atoms with Gasteiger partial charge >= 0.3 is 0 Å². The molecule has 0 aliphatic carbocycles. The number of hydrogen-bond donors (Lipinski definition) is 1. The van der Waals surface area contributed by atoms with E-state index in [0.717, 1.165) is 17.4 Å². The molecule has 1 aliphatic rings. The zero-order chi connectivity index (χ0) is 10.1. The topological polar surface area (TPSA) is 29.3 Å². The Morgan fingerprint density at radius 3 is 2.50 bits per heavy atom. The first-order chi connectivity index (χ1) is 6.68. The van der Waals surface area contributed by atoms with E-state index >= 15 is 0 Å². The van der Waals surface area contributed by atoms with Gasteiger partial charge in [-0.2, -0.15) is 0 Å². The zero-order valence-electron chi connectivity index (χ0n) is 8.28. The highest BCUT2D eigenvalue weighted by Crippen LogP contribution is 2.25. The van der Waals surface area contributed by atoms with E-state index in [2.05, 4.69) is 52.0 Å². The van der Waals surface area contributed by atoms with Crippen LogP contribution in [0.4, 0.5) is 5.69 Å². The van der Waals surface area contributed by atoms with E-state index in [1.54, 1.807) is 0 Å². The molecule has 1 saturated heterocycles. The van der Waals surface area contributed by atoms with E-state index in [0.29, 0.717) is 12.1 Å². The van der Waals surface area contributed by atoms with Crippen LogP contribution in [0.1, 0.15) is 13.3 Å². The quantitative estimate of drug-likeness (QED) is 0.834. The maximum atomic E-state index is 5.98. The first-order valence-electron chi connectivity index (χ1n) is 4.96. The molecule has 2 rings (SSSR count). The van der Waals surface area contributed by atoms with Crippen LogP contribution in [-0.2, 0) is 0 Å². The molecule has 1 aromatic rings. The molecule has 3 heteroatoms. The molecule has 0 amide bonds. The molecule has 14 heavy (non-hydrogen) atoms. The smallest absolute Gasteiger partial charge is 0.0413 e. The number of nitrogens with two attached hydrogens (primary N) is 1. The first-order valence-corrected chi connectivity index (χ1v) is 5.75. The van der Waals surface area contributed by atoms with Crippen molar-refractivity contribution in [1.29, 1.82) is 0 Å². The van der Waals surface area contributed by atoms with Gasteiger partial charge in [-0.25, -0.2) is 0 Å². The Kier molecular flexibility index (Phi) is 2.79. The fourth-order valence-corrected chi connectivity index (χ4v) is 2.23. The minimum Gasteiger partial charge on any atom is -0.367 e. The van der Waals surface area contributed by atoms with Crippen LogP contribution in [-0.4, -0.2) is 18.6 Å². The molecule has 2 N–H and O–H groups in total. The van der Waals surface area contributed by atoms with Gasteiger partial charge in [0.25, 0.3) is 0 Å². The summed E-state index contributed by atoms with van der Waals surface area (Å²) in [4.78, 5) is 2.37. The van der Waals surface area contributed by atoms with E-state index < -0.39 is 0 Å². The molecule has 1 heterocycles. The van der Waals surface area contributed by atoms with E-state index in [4.69, 9.17) is 5.73 Å². The van der Waals surface area contributed by atoms with Crippen molar-refractivity contribution >= 4 is 21.6 Å². The minimum atomic E-state index is 0.318. The van der Waals surface area contributed by atoms with Crippen molar-refractivity contribution in [3.05, 3.63) is 28.7 Å². The second-order valence-corrected chi connectivity index (χ2v) is 4.78. The summed E-state index contributed by atoms with van der Waals surface area (Å²) in [7, 11) is 0. The van der Waals surface area contributed by atoms with Crippen LogP contribution in [0.2, 0.25) is 0 Å². The molecule has 0 saturated carbocycles. The molecule has 1 fully saturated rings. The number of nitrogens with zero attached hydrogens (tertiary/aromatic N) is 1. The van der Waals surface area contributed by atoms with Crippen molar-refractivity contribution < 1.29 is 0 Å². The van der Waals surface area contributed by atoms with Gasteiger partial charge in [0.15, 0.2) is 0 Å². The molecular weight excluding hydrogens is 240 g/mol. The van der Waals surface area contributed by atoms with Crippen molar-refractivity contribution in [2.75, 3.05) is 11.4 Å². The van der Waals surface area contributed by atoms with Crippen LogP contribution in [0.5, 0.6) is 0 Å². The summed E-state index contributed by atoms with van der Waals surface area (Å²) >= 11 is 3.44. The van der Waals surface area contributed by atoms with E-state index in [1.807, 2.05) is 0 Å². The summed E-state index contributed by atoms with van der Waals surface area (Å²) in [5.74, 6) is 0. The molecule has 0 aromatic heterocycles. The Morgan fingerprint density at radius 1 is 1.36 bits per heavy atom. The molecule has 0 bridgehead atoms. The fourth-order valence-electron chi connectivity index (χ4n) is 1.96. The van der Waals surface area contributed by atoms with Gasteiger partial charge in [0.05, 0.1) is 0 Å². The van der Waals surface area contributed by atoms with E-state index in [-0.39, 0.29) is 0 Å². The highest BCUT2D eigenvalue weighted by Gasteiger charge is 2.27. The van der Waals surface area contributed by atoms with Crippen LogP contribution in [0, 0.1) is 0 Å². The van der Waals surface area contributed by atoms with Gasteiger partial charge in [-0.15, -0.1) is 0 Å². The van der Waals surface area contributed by atoms with Crippen molar-refractivity contribution in [1.82, 2.24) is 0 Å². The lowest BCUT2D eigenvalue weighted by molar-refractivity contribution is 0.624. The Hall–Kier alpha value is -0.540. The van der Waals surface area contributed by atoms with E-state index in [1.165, 1.54) is 5.69 Å². The molecule has 2 unspecified atom stereocenters. The predicted molar refractivity (Wildman–Crippen MR) is 63.5 cm³/mol. The van der Waals surface area contributed by atoms with Crippen LogP contribution in [0.15, 0.2) is 28.7 Å². The molecule has 1 aromatic carbocycles. The van der Waals surface area contributed by atoms with E-state index in [9.17, 15) is 0 Å². The number of benzene rings is 1. The third-order valence-electron chi connectivity index (χ3n) is 2.97. The lowest BCUT2D eigenvalue weighted by Gasteiger charge is -2.25. The summed E-state index contributed by atoms with van der Waals surface area (Å²) in [5.41, 5.74) is 7.26. The number of rotatable bonds is 1. The van der Waals surface area contributed by atoms with Crippen LogP contribution < -0.4 is 10.6 Å². The Morgan fingerprint density at radius 2 is 2.00 bits per heavy atom. The Bertz CT molecular complexity index is 310. The maximum absolute atomic E-state index is 5.98. The average Bonchev–Trinajstić information content (AvgIpc) is 2.50. The normalized spacial score (nSPS) is 26.9. The van der Waals surface area contributed by atoms with Gasteiger partial charge in [-0.1, -0.05) is 15.9 Å². The van der Waals surface area contributed by atoms with Crippen molar-refractivity contribution in [2.45, 2.75) is 25.4 Å². The standard InChI is InChI=1S/C11H15BrN2/c1-8-11(13)6-7-14(8)10-4-2-9(12)3-5-10/h2-5,8,11H,6-7,13H2,1H3. The molecule has 0 radical (unpaired) electrons. The van der Waals surface area contributed by atoms with Crippen LogP contribution >= 0.6 is 15.9 Å². The Labute approximate surface area is 93.2 Å². The summed E-state index contributed by atoms with van der Waals surface area (Å²) in [6, 6.07) is 9.20. The molecule has 1 aliphatic heterocycles. The van der Waals surface area contributed by atoms with Crippen LogP contribution in [0.3, 0.4) is 0 Å². The van der Waals surface area contributed by atoms with Crippen molar-refractivity contribution in [2.24, 2.45) is 5.73 Å². The molecular formula is C11H15BrN2. The molecule has 2 atom stereocenters. The first kappa shape index (κ1) is 9.99. The lowest BCUT2D eigenvalue weighted by Crippen LogP contribution is -2.36. The fraction of sp³-hybridized carbons (Fsp3) is 0.455. The highest BCUT2D eigenvalue weighted by molar-refractivity contribution is 9.10. The maximum Gasteiger partial charge on any atom is 0.0413 e. The number of halogens is 1. The lowest BCUT2D eigenvalue weighted by atomic mass is 10.1. The van der Waals surface area contributed by atoms with Gasteiger partial charge in [0, 0.05) is 28.8 Å². The average molecular weight is 255 g/mol. The summed E-state index contributed by atoms with van der Waals surface area (Å²) in [5, 5.41) is 0. The van der Waals surface area contributed by atoms with Crippen molar-refractivity contribution in [3.8, 4) is 0 Å². The van der Waals surface area contributed by atoms with Gasteiger partial charge in [0.1, 0.15) is 0 Å². The summed E-state index contributed by atoms with van der Waals surface area (Å²) in [6.07, 6.45) is 1.09. The molecule has 76 valence electrons. The third-order valence-corrected chi connectivity index (χ3v) is 3.50. The number of anilines is 1. The Balaban J connectivity index is 2.19. The zero-order valence-corrected chi connectivity index (χ0v) is 9.87. The van der Waals surface area contributed by atoms with Gasteiger partial charge in [0.2, 0.25) is 0 Å². The van der Waals surface area contributed by atoms with Gasteiger partial charge < -0.3 is 10.6 Å². The highest BCUT2D eigenvalue weighted by atomic mass is 79.9. The number of hydrogen-bond acceptors (Lipinski definition) is 2.